The van der Waals surface area contributed by atoms with Gasteiger partial charge in [-0.3, -0.25) is 9.79 Å². The van der Waals surface area contributed by atoms with Gasteiger partial charge in [0, 0.05) is 34.8 Å². The monoisotopic (exact) mass is 426 g/mol. The Labute approximate surface area is 179 Å². The van der Waals surface area contributed by atoms with Crippen molar-refractivity contribution in [3.8, 4) is 5.75 Å². The third-order valence-electron chi connectivity index (χ3n) is 4.37. The SMILES string of the molecule is CCNC(=NCC(O)c1cc2ccccc2s1)NCCNC(=O)c1ccc(O)cc1. The molecule has 0 aliphatic heterocycles. The molecule has 1 aromatic heterocycles. The van der Waals surface area contributed by atoms with Gasteiger partial charge >= 0.3 is 0 Å². The predicted octanol–water partition coefficient (Wildman–Crippen LogP) is 2.63. The van der Waals surface area contributed by atoms with E-state index in [1.165, 1.54) is 12.1 Å². The van der Waals surface area contributed by atoms with Gasteiger partial charge in [-0.1, -0.05) is 18.2 Å². The van der Waals surface area contributed by atoms with Crippen molar-refractivity contribution in [1.29, 1.82) is 0 Å². The molecule has 0 aliphatic rings. The lowest BCUT2D eigenvalue weighted by atomic mass is 10.2. The smallest absolute Gasteiger partial charge is 0.251 e. The number of carbonyl (C=O) groups excluding carboxylic acids is 1. The van der Waals surface area contributed by atoms with E-state index in [2.05, 4.69) is 20.9 Å². The minimum atomic E-state index is -0.674. The van der Waals surface area contributed by atoms with E-state index >= 15 is 0 Å². The highest BCUT2D eigenvalue weighted by molar-refractivity contribution is 7.19. The highest BCUT2D eigenvalue weighted by Crippen LogP contribution is 2.29. The molecule has 0 spiro atoms. The van der Waals surface area contributed by atoms with Gasteiger partial charge in [-0.05, 0) is 48.7 Å². The molecular weight excluding hydrogens is 400 g/mol. The van der Waals surface area contributed by atoms with Gasteiger partial charge in [0.1, 0.15) is 11.9 Å². The molecule has 158 valence electrons. The molecule has 0 saturated carbocycles. The van der Waals surface area contributed by atoms with E-state index in [0.717, 1.165) is 15.0 Å². The number of nitrogens with zero attached hydrogens (tertiary/aromatic N) is 1. The van der Waals surface area contributed by atoms with Crippen LogP contribution in [0.2, 0.25) is 0 Å². The summed E-state index contributed by atoms with van der Waals surface area (Å²) in [6, 6.07) is 16.1. The molecule has 7 nitrogen and oxygen atoms in total. The van der Waals surface area contributed by atoms with Crippen molar-refractivity contribution in [2.75, 3.05) is 26.2 Å². The van der Waals surface area contributed by atoms with Gasteiger partial charge in [0.15, 0.2) is 5.96 Å². The zero-order valence-electron chi connectivity index (χ0n) is 16.8. The molecular formula is C22H26N4O3S. The Morgan fingerprint density at radius 3 is 2.53 bits per heavy atom. The molecule has 0 radical (unpaired) electrons. The maximum absolute atomic E-state index is 12.1. The summed E-state index contributed by atoms with van der Waals surface area (Å²) in [6.45, 7) is 3.77. The molecule has 0 fully saturated rings. The van der Waals surface area contributed by atoms with Crippen molar-refractivity contribution in [2.45, 2.75) is 13.0 Å². The van der Waals surface area contributed by atoms with Crippen molar-refractivity contribution in [3.05, 3.63) is 65.0 Å². The van der Waals surface area contributed by atoms with Crippen molar-refractivity contribution < 1.29 is 15.0 Å². The summed E-state index contributed by atoms with van der Waals surface area (Å²) in [7, 11) is 0. The van der Waals surface area contributed by atoms with Crippen LogP contribution < -0.4 is 16.0 Å². The number of hydrogen-bond donors (Lipinski definition) is 5. The summed E-state index contributed by atoms with van der Waals surface area (Å²) in [5.74, 6) is 0.494. The number of benzene rings is 2. The number of aliphatic imine (C=N–C) groups is 1. The van der Waals surface area contributed by atoms with Gasteiger partial charge in [-0.15, -0.1) is 11.3 Å². The van der Waals surface area contributed by atoms with Crippen molar-refractivity contribution in [2.24, 2.45) is 4.99 Å². The molecule has 1 unspecified atom stereocenters. The fourth-order valence-corrected chi connectivity index (χ4v) is 3.89. The van der Waals surface area contributed by atoms with Gasteiger partial charge < -0.3 is 26.2 Å². The summed E-state index contributed by atoms with van der Waals surface area (Å²) in [5, 5.41) is 30.0. The van der Waals surface area contributed by atoms with E-state index in [1.54, 1.807) is 23.5 Å². The average molecular weight is 427 g/mol. The first-order valence-corrected chi connectivity index (χ1v) is 10.6. The van der Waals surface area contributed by atoms with Crippen molar-refractivity contribution in [3.63, 3.8) is 0 Å². The van der Waals surface area contributed by atoms with Gasteiger partial charge in [0.05, 0.1) is 6.54 Å². The summed E-state index contributed by atoms with van der Waals surface area (Å²) in [4.78, 5) is 17.4. The Balaban J connectivity index is 1.48. The zero-order chi connectivity index (χ0) is 21.3. The molecule has 0 aliphatic carbocycles. The Morgan fingerprint density at radius 2 is 1.80 bits per heavy atom. The number of aliphatic hydroxyl groups is 1. The fraction of sp³-hybridized carbons (Fsp3) is 0.273. The minimum Gasteiger partial charge on any atom is -0.508 e. The van der Waals surface area contributed by atoms with Crippen molar-refractivity contribution >= 4 is 33.3 Å². The summed E-state index contributed by atoms with van der Waals surface area (Å²) < 4.78 is 1.14. The first-order chi connectivity index (χ1) is 14.6. The molecule has 3 rings (SSSR count). The van der Waals surface area contributed by atoms with Gasteiger partial charge in [-0.2, -0.15) is 0 Å². The van der Waals surface area contributed by atoms with Gasteiger partial charge in [0.2, 0.25) is 0 Å². The highest BCUT2D eigenvalue weighted by Gasteiger charge is 2.11. The van der Waals surface area contributed by atoms with E-state index in [4.69, 9.17) is 0 Å². The maximum Gasteiger partial charge on any atom is 0.251 e. The molecule has 8 heteroatoms. The number of hydrogen-bond acceptors (Lipinski definition) is 5. The molecule has 2 aromatic carbocycles. The van der Waals surface area contributed by atoms with E-state index in [9.17, 15) is 15.0 Å². The van der Waals surface area contributed by atoms with E-state index < -0.39 is 6.10 Å². The number of nitrogens with one attached hydrogen (secondary N) is 3. The number of rotatable bonds is 8. The molecule has 30 heavy (non-hydrogen) atoms. The number of fused-ring (bicyclic) bond motifs is 1. The number of thiophene rings is 1. The predicted molar refractivity (Wildman–Crippen MR) is 121 cm³/mol. The number of amides is 1. The van der Waals surface area contributed by atoms with Crippen LogP contribution in [0.4, 0.5) is 0 Å². The number of guanidine groups is 1. The van der Waals surface area contributed by atoms with Crippen LogP contribution in [0.5, 0.6) is 5.75 Å². The second-order valence-electron chi connectivity index (χ2n) is 6.65. The largest absolute Gasteiger partial charge is 0.508 e. The first kappa shape index (κ1) is 21.6. The third kappa shape index (κ3) is 5.95. The van der Waals surface area contributed by atoms with Crippen LogP contribution in [0.15, 0.2) is 59.6 Å². The molecule has 1 atom stereocenters. The quantitative estimate of drug-likeness (QED) is 0.216. The number of aliphatic hydroxyl groups excluding tert-OH is 1. The van der Waals surface area contributed by atoms with E-state index in [1.807, 2.05) is 37.3 Å². The number of aromatic hydroxyl groups is 1. The minimum absolute atomic E-state index is 0.123. The van der Waals surface area contributed by atoms with E-state index in [0.29, 0.717) is 31.2 Å². The van der Waals surface area contributed by atoms with Crippen LogP contribution in [-0.4, -0.2) is 48.3 Å². The lowest BCUT2D eigenvalue weighted by Gasteiger charge is -2.13. The average Bonchev–Trinajstić information content (AvgIpc) is 3.19. The van der Waals surface area contributed by atoms with Crippen LogP contribution in [-0.2, 0) is 0 Å². The van der Waals surface area contributed by atoms with Gasteiger partial charge in [-0.25, -0.2) is 0 Å². The number of phenolic OH excluding ortho intramolecular Hbond substituents is 1. The second-order valence-corrected chi connectivity index (χ2v) is 7.77. The van der Waals surface area contributed by atoms with Crippen LogP contribution in [0, 0.1) is 0 Å². The summed E-state index contributed by atoms with van der Waals surface area (Å²) >= 11 is 1.57. The second kappa shape index (κ2) is 10.6. The Hall–Kier alpha value is -3.10. The Bertz CT molecular complexity index is 968. The Morgan fingerprint density at radius 1 is 1.07 bits per heavy atom. The highest BCUT2D eigenvalue weighted by atomic mass is 32.1. The first-order valence-electron chi connectivity index (χ1n) is 9.82. The molecule has 1 heterocycles. The molecule has 5 N–H and O–H groups in total. The Kier molecular flexibility index (Phi) is 7.64. The number of phenols is 1. The molecule has 1 amide bonds. The normalized spacial score (nSPS) is 12.5. The van der Waals surface area contributed by atoms with Crippen LogP contribution >= 0.6 is 11.3 Å². The third-order valence-corrected chi connectivity index (χ3v) is 5.59. The topological polar surface area (TPSA) is 106 Å². The molecule has 0 bridgehead atoms. The fourth-order valence-electron chi connectivity index (χ4n) is 2.85. The molecule has 0 saturated heterocycles. The zero-order valence-corrected chi connectivity index (χ0v) is 17.6. The lowest BCUT2D eigenvalue weighted by molar-refractivity contribution is 0.0954. The standard InChI is InChI=1S/C22H26N4O3S/c1-2-23-22(25-12-11-24-21(29)15-7-9-17(27)10-8-15)26-14-18(28)20-13-16-5-3-4-6-19(16)30-20/h3-10,13,18,27-28H,2,11-12,14H2,1H3,(H,24,29)(H2,23,25,26). The summed E-state index contributed by atoms with van der Waals surface area (Å²) in [6.07, 6.45) is -0.674. The maximum atomic E-state index is 12.1. The lowest BCUT2D eigenvalue weighted by Crippen LogP contribution is -2.41. The molecule has 3 aromatic rings. The van der Waals surface area contributed by atoms with Crippen molar-refractivity contribution in [1.82, 2.24) is 16.0 Å². The van der Waals surface area contributed by atoms with Crippen LogP contribution in [0.25, 0.3) is 10.1 Å². The number of carbonyl (C=O) groups is 1. The van der Waals surface area contributed by atoms with E-state index in [-0.39, 0.29) is 18.2 Å². The van der Waals surface area contributed by atoms with Gasteiger partial charge in [0.25, 0.3) is 5.91 Å². The van der Waals surface area contributed by atoms with Crippen LogP contribution in [0.3, 0.4) is 0 Å². The summed E-state index contributed by atoms with van der Waals surface area (Å²) in [5.41, 5.74) is 0.486. The van der Waals surface area contributed by atoms with Crippen LogP contribution in [0.1, 0.15) is 28.3 Å².